The molecule has 18 heavy (non-hydrogen) atoms. The first-order valence-electron chi connectivity index (χ1n) is 6.29. The molecule has 0 radical (unpaired) electrons. The van der Waals surface area contributed by atoms with E-state index in [1.54, 1.807) is 0 Å². The van der Waals surface area contributed by atoms with Crippen LogP contribution < -0.4 is 10.2 Å². The highest BCUT2D eigenvalue weighted by molar-refractivity contribution is 6.59. The van der Waals surface area contributed by atoms with Crippen LogP contribution in [0.25, 0.3) is 0 Å². The standard InChI is InChI=1S/C13H19BO4/c1-9-7-12(8-10(2)13(9)14(15)16)18-11-3-5-17-6-4-11/h7-8,11,15-16H,3-6H2,1-2H3. The fraction of sp³-hybridized carbons (Fsp3) is 0.538. The van der Waals surface area contributed by atoms with E-state index in [2.05, 4.69) is 0 Å². The van der Waals surface area contributed by atoms with Crippen LogP contribution in [0.3, 0.4) is 0 Å². The normalized spacial score (nSPS) is 16.7. The number of hydrogen-bond acceptors (Lipinski definition) is 4. The summed E-state index contributed by atoms with van der Waals surface area (Å²) in [6, 6.07) is 3.72. The second-order valence-electron chi connectivity index (χ2n) is 4.77. The van der Waals surface area contributed by atoms with Gasteiger partial charge in [0.05, 0.1) is 13.2 Å². The minimum absolute atomic E-state index is 0.197. The predicted octanol–water partition coefficient (Wildman–Crippen LogP) is 0.541. The summed E-state index contributed by atoms with van der Waals surface area (Å²) in [5.74, 6) is 0.793. The van der Waals surface area contributed by atoms with Gasteiger partial charge in [0, 0.05) is 12.8 Å². The highest BCUT2D eigenvalue weighted by Gasteiger charge is 2.20. The molecule has 2 rings (SSSR count). The van der Waals surface area contributed by atoms with Crippen LogP contribution in [0, 0.1) is 13.8 Å². The van der Waals surface area contributed by atoms with Gasteiger partial charge >= 0.3 is 7.12 Å². The van der Waals surface area contributed by atoms with E-state index in [1.165, 1.54) is 0 Å². The molecule has 4 nitrogen and oxygen atoms in total. The molecule has 1 aromatic carbocycles. The zero-order chi connectivity index (χ0) is 13.1. The van der Waals surface area contributed by atoms with E-state index in [4.69, 9.17) is 9.47 Å². The zero-order valence-electron chi connectivity index (χ0n) is 10.8. The molecular formula is C13H19BO4. The number of benzene rings is 1. The molecule has 98 valence electrons. The number of rotatable bonds is 3. The zero-order valence-corrected chi connectivity index (χ0v) is 10.8. The molecule has 0 saturated carbocycles. The van der Waals surface area contributed by atoms with Crippen molar-refractivity contribution in [1.29, 1.82) is 0 Å². The lowest BCUT2D eigenvalue weighted by Crippen LogP contribution is -2.34. The molecule has 1 aliphatic rings. The summed E-state index contributed by atoms with van der Waals surface area (Å²) in [7, 11) is -1.43. The molecule has 1 fully saturated rings. The fourth-order valence-corrected chi connectivity index (χ4v) is 2.40. The molecule has 2 N–H and O–H groups in total. The number of ether oxygens (including phenoxy) is 2. The van der Waals surface area contributed by atoms with Crippen LogP contribution in [-0.2, 0) is 4.74 Å². The van der Waals surface area contributed by atoms with Gasteiger partial charge in [-0.2, -0.15) is 0 Å². The lowest BCUT2D eigenvalue weighted by molar-refractivity contribution is 0.0255. The number of aryl methyl sites for hydroxylation is 2. The third kappa shape index (κ3) is 3.04. The van der Waals surface area contributed by atoms with E-state index in [0.717, 1.165) is 42.9 Å². The van der Waals surface area contributed by atoms with Crippen LogP contribution >= 0.6 is 0 Å². The van der Waals surface area contributed by atoms with Crippen molar-refractivity contribution >= 4 is 12.6 Å². The Balaban J connectivity index is 2.14. The van der Waals surface area contributed by atoms with Gasteiger partial charge in [0.1, 0.15) is 11.9 Å². The van der Waals surface area contributed by atoms with E-state index in [1.807, 2.05) is 26.0 Å². The molecule has 0 spiro atoms. The highest BCUT2D eigenvalue weighted by atomic mass is 16.5. The van der Waals surface area contributed by atoms with E-state index in [0.29, 0.717) is 5.46 Å². The SMILES string of the molecule is Cc1cc(OC2CCOCC2)cc(C)c1B(O)O. The molecule has 0 unspecified atom stereocenters. The molecule has 0 amide bonds. The van der Waals surface area contributed by atoms with Crippen molar-refractivity contribution in [3.05, 3.63) is 23.3 Å². The van der Waals surface area contributed by atoms with Gasteiger partial charge in [-0.3, -0.25) is 0 Å². The molecule has 0 atom stereocenters. The molecule has 1 saturated heterocycles. The summed E-state index contributed by atoms with van der Waals surface area (Å²) in [5.41, 5.74) is 2.24. The van der Waals surface area contributed by atoms with Gasteiger partial charge in [0.2, 0.25) is 0 Å². The van der Waals surface area contributed by atoms with Crippen molar-refractivity contribution in [2.24, 2.45) is 0 Å². The van der Waals surface area contributed by atoms with E-state index >= 15 is 0 Å². The average molecular weight is 250 g/mol. The van der Waals surface area contributed by atoms with Crippen molar-refractivity contribution in [2.45, 2.75) is 32.8 Å². The van der Waals surface area contributed by atoms with Crippen molar-refractivity contribution in [3.8, 4) is 5.75 Å². The van der Waals surface area contributed by atoms with Crippen LogP contribution in [0.4, 0.5) is 0 Å². The third-order valence-electron chi connectivity index (χ3n) is 3.30. The Labute approximate surface area is 108 Å². The van der Waals surface area contributed by atoms with Crippen LogP contribution in [-0.4, -0.2) is 36.5 Å². The van der Waals surface area contributed by atoms with E-state index < -0.39 is 7.12 Å². The average Bonchev–Trinajstić information content (AvgIpc) is 2.28. The Bertz CT molecular complexity index is 390. The van der Waals surface area contributed by atoms with Crippen molar-refractivity contribution in [1.82, 2.24) is 0 Å². The maximum absolute atomic E-state index is 9.30. The fourth-order valence-electron chi connectivity index (χ4n) is 2.40. The minimum atomic E-state index is -1.43. The molecule has 1 heterocycles. The van der Waals surface area contributed by atoms with Gasteiger partial charge in [0.25, 0.3) is 0 Å². The largest absolute Gasteiger partial charge is 0.490 e. The first kappa shape index (κ1) is 13.4. The second-order valence-corrected chi connectivity index (χ2v) is 4.77. The van der Waals surface area contributed by atoms with Gasteiger partial charge in [-0.1, -0.05) is 0 Å². The topological polar surface area (TPSA) is 58.9 Å². The molecule has 0 aromatic heterocycles. The molecule has 0 aliphatic carbocycles. The second kappa shape index (κ2) is 5.74. The summed E-state index contributed by atoms with van der Waals surface area (Å²) in [6.45, 7) is 5.21. The van der Waals surface area contributed by atoms with Gasteiger partial charge in [-0.05, 0) is 42.6 Å². The molecule has 1 aromatic rings. The Kier molecular flexibility index (Phi) is 4.27. The maximum atomic E-state index is 9.30. The predicted molar refractivity (Wildman–Crippen MR) is 70.2 cm³/mol. The summed E-state index contributed by atoms with van der Waals surface area (Å²) >= 11 is 0. The molecular weight excluding hydrogens is 231 g/mol. The van der Waals surface area contributed by atoms with Crippen LogP contribution in [0.1, 0.15) is 24.0 Å². The van der Waals surface area contributed by atoms with Crippen molar-refractivity contribution in [3.63, 3.8) is 0 Å². The summed E-state index contributed by atoms with van der Waals surface area (Å²) < 4.78 is 11.2. The Morgan fingerprint density at radius 2 is 1.72 bits per heavy atom. The van der Waals surface area contributed by atoms with Crippen LogP contribution in [0.15, 0.2) is 12.1 Å². The van der Waals surface area contributed by atoms with E-state index in [-0.39, 0.29) is 6.10 Å². The molecule has 0 bridgehead atoms. The Hall–Kier alpha value is -1.04. The monoisotopic (exact) mass is 250 g/mol. The first-order valence-corrected chi connectivity index (χ1v) is 6.29. The lowest BCUT2D eigenvalue weighted by Gasteiger charge is -2.24. The van der Waals surface area contributed by atoms with Gasteiger partial charge in [-0.25, -0.2) is 0 Å². The molecule has 5 heteroatoms. The Morgan fingerprint density at radius 3 is 2.22 bits per heavy atom. The molecule has 1 aliphatic heterocycles. The van der Waals surface area contributed by atoms with Crippen molar-refractivity contribution < 1.29 is 19.5 Å². The van der Waals surface area contributed by atoms with Gasteiger partial charge in [0.15, 0.2) is 0 Å². The summed E-state index contributed by atoms with van der Waals surface area (Å²) in [5, 5.41) is 18.6. The number of hydrogen-bond donors (Lipinski definition) is 2. The van der Waals surface area contributed by atoms with Crippen LogP contribution in [0.5, 0.6) is 5.75 Å². The highest BCUT2D eigenvalue weighted by Crippen LogP contribution is 2.20. The van der Waals surface area contributed by atoms with E-state index in [9.17, 15) is 10.0 Å². The van der Waals surface area contributed by atoms with Crippen molar-refractivity contribution in [2.75, 3.05) is 13.2 Å². The smallest absolute Gasteiger partial charge is 0.488 e. The van der Waals surface area contributed by atoms with Gasteiger partial charge in [-0.15, -0.1) is 0 Å². The van der Waals surface area contributed by atoms with Gasteiger partial charge < -0.3 is 19.5 Å². The third-order valence-corrected chi connectivity index (χ3v) is 3.30. The summed E-state index contributed by atoms with van der Waals surface area (Å²) in [4.78, 5) is 0. The Morgan fingerprint density at radius 1 is 1.17 bits per heavy atom. The minimum Gasteiger partial charge on any atom is -0.490 e. The first-order chi connectivity index (χ1) is 8.58. The summed E-state index contributed by atoms with van der Waals surface area (Å²) in [6.07, 6.45) is 2.01. The maximum Gasteiger partial charge on any atom is 0.488 e. The van der Waals surface area contributed by atoms with Crippen LogP contribution in [0.2, 0.25) is 0 Å². The quantitative estimate of drug-likeness (QED) is 0.769. The lowest BCUT2D eigenvalue weighted by atomic mass is 9.74.